The molecule has 11 aromatic rings. The van der Waals surface area contributed by atoms with Crippen LogP contribution in [0.1, 0.15) is 55.6 Å². The van der Waals surface area contributed by atoms with Gasteiger partial charge in [-0.2, -0.15) is 0 Å². The molecule has 0 atom stereocenters. The smallest absolute Gasteiger partial charge is 0.00987 e. The van der Waals surface area contributed by atoms with Crippen LogP contribution in [0.3, 0.4) is 0 Å². The molecule has 0 fully saturated rings. The van der Waals surface area contributed by atoms with Crippen LogP contribution in [0.5, 0.6) is 0 Å². The van der Waals surface area contributed by atoms with Crippen molar-refractivity contribution >= 4 is 90.7 Å². The van der Waals surface area contributed by atoms with E-state index in [4.69, 9.17) is 0 Å². The zero-order valence-electron chi connectivity index (χ0n) is 36.6. The Morgan fingerprint density at radius 2 is 0.530 bits per heavy atom. The topological polar surface area (TPSA) is 0 Å². The van der Waals surface area contributed by atoms with E-state index in [1.54, 1.807) is 0 Å². The Balaban J connectivity index is 1.01. The Morgan fingerprint density at radius 3 is 0.924 bits per heavy atom. The first-order valence-electron chi connectivity index (χ1n) is 22.7. The monoisotopic (exact) mass is 838 g/mol. The van der Waals surface area contributed by atoms with Gasteiger partial charge in [0.05, 0.1) is 0 Å². The molecule has 0 aliphatic carbocycles. The lowest BCUT2D eigenvalue weighted by atomic mass is 9.89. The van der Waals surface area contributed by atoms with Crippen LogP contribution in [-0.2, 0) is 0 Å². The van der Waals surface area contributed by atoms with Crippen molar-refractivity contribution in [1.82, 2.24) is 0 Å². The molecule has 0 aromatic heterocycles. The van der Waals surface area contributed by atoms with Crippen molar-refractivity contribution in [3.63, 3.8) is 0 Å². The summed E-state index contributed by atoms with van der Waals surface area (Å²) in [6.45, 7) is 0. The van der Waals surface area contributed by atoms with Crippen molar-refractivity contribution < 1.29 is 0 Å². The second kappa shape index (κ2) is 18.3. The SMILES string of the molecule is C(=Cc1c2ccccc2c(/C=C\c2ccccc2/C=C(\c2ccccc2)c2cccc3ccccc23)c2ccccc12)c1ccccc1/C=C(\c1ccccc1)c1cccc2ccccc12. The summed E-state index contributed by atoms with van der Waals surface area (Å²) < 4.78 is 0. The third-order valence-corrected chi connectivity index (χ3v) is 12.8. The highest BCUT2D eigenvalue weighted by Crippen LogP contribution is 2.38. The van der Waals surface area contributed by atoms with Crippen molar-refractivity contribution in [2.24, 2.45) is 0 Å². The second-order valence-corrected chi connectivity index (χ2v) is 16.7. The van der Waals surface area contributed by atoms with E-state index in [1.807, 2.05) is 0 Å². The average Bonchev–Trinajstić information content (AvgIpc) is 3.39. The molecule has 11 aromatic carbocycles. The highest BCUT2D eigenvalue weighted by Gasteiger charge is 2.14. The van der Waals surface area contributed by atoms with Gasteiger partial charge < -0.3 is 0 Å². The molecule has 0 aliphatic rings. The lowest BCUT2D eigenvalue weighted by Crippen LogP contribution is -1.92. The number of fused-ring (bicyclic) bond motifs is 4. The fourth-order valence-electron chi connectivity index (χ4n) is 9.59. The van der Waals surface area contributed by atoms with E-state index in [0.717, 1.165) is 22.3 Å². The quantitative estimate of drug-likeness (QED) is 0.0951. The number of hydrogen-bond acceptors (Lipinski definition) is 0. The minimum Gasteiger partial charge on any atom is -0.0622 e. The van der Waals surface area contributed by atoms with Gasteiger partial charge in [-0.05, 0) is 122 Å². The first-order valence-corrected chi connectivity index (χ1v) is 22.7. The van der Waals surface area contributed by atoms with Crippen molar-refractivity contribution in [1.29, 1.82) is 0 Å². The largest absolute Gasteiger partial charge is 0.0622 e. The van der Waals surface area contributed by atoms with Crippen LogP contribution in [0.2, 0.25) is 0 Å². The van der Waals surface area contributed by atoms with Crippen LogP contribution in [-0.4, -0.2) is 0 Å². The van der Waals surface area contributed by atoms with Gasteiger partial charge in [-0.3, -0.25) is 0 Å². The molecule has 0 heteroatoms. The molecule has 310 valence electrons. The van der Waals surface area contributed by atoms with E-state index in [0.29, 0.717) is 0 Å². The number of rotatable bonds is 10. The minimum atomic E-state index is 1.16. The summed E-state index contributed by atoms with van der Waals surface area (Å²) >= 11 is 0. The summed E-state index contributed by atoms with van der Waals surface area (Å²) in [4.78, 5) is 0. The predicted molar refractivity (Wildman–Crippen MR) is 287 cm³/mol. The summed E-state index contributed by atoms with van der Waals surface area (Å²) in [5.74, 6) is 0. The van der Waals surface area contributed by atoms with Gasteiger partial charge in [0.2, 0.25) is 0 Å². The first kappa shape index (κ1) is 40.2. The van der Waals surface area contributed by atoms with Gasteiger partial charge in [-0.25, -0.2) is 0 Å². The Bertz CT molecular complexity index is 3360. The Labute approximate surface area is 387 Å². The summed E-state index contributed by atoms with van der Waals surface area (Å²) in [6, 6.07) is 87.3. The average molecular weight is 839 g/mol. The molecular weight excluding hydrogens is 793 g/mol. The minimum absolute atomic E-state index is 1.16. The van der Waals surface area contributed by atoms with Crippen LogP contribution in [0.4, 0.5) is 0 Å². The van der Waals surface area contributed by atoms with E-state index < -0.39 is 0 Å². The zero-order chi connectivity index (χ0) is 44.1. The molecule has 0 amide bonds. The molecule has 0 radical (unpaired) electrons. The number of hydrogen-bond donors (Lipinski definition) is 0. The lowest BCUT2D eigenvalue weighted by molar-refractivity contribution is 1.57. The van der Waals surface area contributed by atoms with Crippen LogP contribution in [0, 0.1) is 0 Å². The maximum absolute atomic E-state index is 2.36. The third-order valence-electron chi connectivity index (χ3n) is 12.8. The molecule has 0 saturated heterocycles. The molecule has 0 heterocycles. The van der Waals surface area contributed by atoms with E-state index in [2.05, 4.69) is 279 Å². The zero-order valence-corrected chi connectivity index (χ0v) is 36.6. The standard InChI is InChI=1S/C66H46/c1-3-23-51(24-4-1)65(57-39-19-31-49-27-11-13-33-55(49)57)45-53-29-9-7-21-47(53)41-43-63-59-35-15-17-37-61(59)64(62-38-18-16-36-60(62)63)44-42-48-22-8-10-30-54(48)46-66(52-25-5-2-6-26-52)58-40-20-32-50-28-12-14-34-56(50)58/h1-46H/b43-41-,44-42?,65-45+,66-46+. The maximum atomic E-state index is 2.36. The highest BCUT2D eigenvalue weighted by atomic mass is 14.2. The van der Waals surface area contributed by atoms with Gasteiger partial charge in [0, 0.05) is 0 Å². The van der Waals surface area contributed by atoms with Crippen molar-refractivity contribution in [3.05, 3.63) is 298 Å². The fraction of sp³-hybridized carbons (Fsp3) is 0. The van der Waals surface area contributed by atoms with Crippen LogP contribution in [0.15, 0.2) is 243 Å². The van der Waals surface area contributed by atoms with E-state index in [-0.39, 0.29) is 0 Å². The van der Waals surface area contributed by atoms with Crippen LogP contribution in [0.25, 0.3) is 90.7 Å². The van der Waals surface area contributed by atoms with Crippen molar-refractivity contribution in [3.8, 4) is 0 Å². The number of benzene rings is 11. The van der Waals surface area contributed by atoms with E-state index in [1.165, 1.54) is 87.6 Å². The van der Waals surface area contributed by atoms with Crippen molar-refractivity contribution in [2.75, 3.05) is 0 Å². The molecule has 0 saturated carbocycles. The van der Waals surface area contributed by atoms with Crippen LogP contribution < -0.4 is 0 Å². The summed E-state index contributed by atoms with van der Waals surface area (Å²) in [5.41, 5.74) is 14.3. The molecule has 0 aliphatic heterocycles. The van der Waals surface area contributed by atoms with Gasteiger partial charge in [-0.1, -0.05) is 267 Å². The predicted octanol–water partition coefficient (Wildman–Crippen LogP) is 17.8. The molecule has 0 unspecified atom stereocenters. The van der Waals surface area contributed by atoms with E-state index in [9.17, 15) is 0 Å². The summed E-state index contributed by atoms with van der Waals surface area (Å²) in [7, 11) is 0. The summed E-state index contributed by atoms with van der Waals surface area (Å²) in [6.07, 6.45) is 14.0. The first-order chi connectivity index (χ1) is 32.8. The van der Waals surface area contributed by atoms with Gasteiger partial charge in [0.1, 0.15) is 0 Å². The van der Waals surface area contributed by atoms with Gasteiger partial charge in [-0.15, -0.1) is 0 Å². The highest BCUT2D eigenvalue weighted by molar-refractivity contribution is 6.15. The Morgan fingerprint density at radius 1 is 0.227 bits per heavy atom. The van der Waals surface area contributed by atoms with Gasteiger partial charge in [0.15, 0.2) is 0 Å². The van der Waals surface area contributed by atoms with E-state index >= 15 is 0 Å². The fourth-order valence-corrected chi connectivity index (χ4v) is 9.59. The summed E-state index contributed by atoms with van der Waals surface area (Å²) in [5, 5.41) is 9.83. The normalized spacial score (nSPS) is 12.3. The molecule has 11 rings (SSSR count). The Kier molecular flexibility index (Phi) is 11.1. The molecule has 0 N–H and O–H groups in total. The molecule has 0 spiro atoms. The lowest BCUT2D eigenvalue weighted by Gasteiger charge is -2.15. The van der Waals surface area contributed by atoms with Crippen LogP contribution >= 0.6 is 0 Å². The molecular formula is C66H46. The molecule has 66 heavy (non-hydrogen) atoms. The molecule has 0 nitrogen and oxygen atoms in total. The second-order valence-electron chi connectivity index (χ2n) is 16.7. The Hall–Kier alpha value is -8.58. The molecule has 0 bridgehead atoms. The van der Waals surface area contributed by atoms with Gasteiger partial charge in [0.25, 0.3) is 0 Å². The third kappa shape index (κ3) is 7.98. The van der Waals surface area contributed by atoms with Crippen molar-refractivity contribution in [2.45, 2.75) is 0 Å². The van der Waals surface area contributed by atoms with Gasteiger partial charge >= 0.3 is 0 Å². The maximum Gasteiger partial charge on any atom is -0.00987 e.